The average molecular weight is 149 g/mol. The maximum Gasteiger partial charge on any atom is 2.00 e. The molecule has 0 aromatic heterocycles. The molecule has 4 nitrogen and oxygen atoms in total. The summed E-state index contributed by atoms with van der Waals surface area (Å²) in [6, 6.07) is 0. The van der Waals surface area contributed by atoms with Crippen LogP contribution in [0, 0.1) is 0 Å². The van der Waals surface area contributed by atoms with Gasteiger partial charge in [0.25, 0.3) is 0 Å². The minimum absolute atomic E-state index is 0. The molecule has 7 heavy (non-hydrogen) atoms. The molecular formula is C2H2NiO4. The normalized spacial score (nSPS) is 3.43. The molecule has 0 fully saturated rings. The zero-order chi connectivity index (χ0) is 5.41. The van der Waals surface area contributed by atoms with Gasteiger partial charge in [0.2, 0.25) is 0 Å². The van der Waals surface area contributed by atoms with Crippen molar-refractivity contribution in [2.75, 3.05) is 0 Å². The summed E-state index contributed by atoms with van der Waals surface area (Å²) in [5.74, 6) is 0. The molecule has 0 unspecified atom stereocenters. The third kappa shape index (κ3) is 200. The van der Waals surface area contributed by atoms with Crippen LogP contribution in [-0.2, 0) is 26.1 Å². The van der Waals surface area contributed by atoms with Crippen LogP contribution in [0.1, 0.15) is 0 Å². The van der Waals surface area contributed by atoms with Gasteiger partial charge in [0, 0.05) is 12.9 Å². The van der Waals surface area contributed by atoms with E-state index in [2.05, 4.69) is 0 Å². The Balaban J connectivity index is -0.0000000400. The predicted octanol–water partition coefficient (Wildman–Crippen LogP) is -3.27. The predicted molar refractivity (Wildman–Crippen MR) is 12.1 cm³/mol. The summed E-state index contributed by atoms with van der Waals surface area (Å²) >= 11 is 0. The van der Waals surface area contributed by atoms with E-state index in [4.69, 9.17) is 19.8 Å². The van der Waals surface area contributed by atoms with E-state index in [9.17, 15) is 0 Å². The Bertz CT molecular complexity index is 30.7. The van der Waals surface area contributed by atoms with Crippen LogP contribution in [0.25, 0.3) is 0 Å². The third-order valence-electron chi connectivity index (χ3n) is 0. The number of carbonyl (C=O) groups excluding carboxylic acids is 2. The first-order chi connectivity index (χ1) is 2.83. The monoisotopic (exact) mass is 148 g/mol. The van der Waals surface area contributed by atoms with Crippen LogP contribution in [0.15, 0.2) is 0 Å². The van der Waals surface area contributed by atoms with Crippen LogP contribution in [0.2, 0.25) is 0 Å². The Hall–Kier alpha value is -0.566. The molecule has 0 amide bonds. The summed E-state index contributed by atoms with van der Waals surface area (Å²) in [4.78, 5) is 16.5. The summed E-state index contributed by atoms with van der Waals surface area (Å²) in [7, 11) is 0. The molecule has 0 aromatic carbocycles. The number of hydrogen-bond donors (Lipinski definition) is 0. The van der Waals surface area contributed by atoms with Crippen LogP contribution in [0.4, 0.5) is 0 Å². The quantitative estimate of drug-likeness (QED) is 0.267. The fourth-order valence-corrected chi connectivity index (χ4v) is 0. The molecule has 0 spiro atoms. The summed E-state index contributed by atoms with van der Waals surface area (Å²) < 4.78 is 0. The van der Waals surface area contributed by atoms with Gasteiger partial charge in [-0.05, 0) is 0 Å². The molecule has 44 valence electrons. The summed E-state index contributed by atoms with van der Waals surface area (Å²) in [6.07, 6.45) is 0. The van der Waals surface area contributed by atoms with E-state index in [0.717, 1.165) is 0 Å². The second kappa shape index (κ2) is 52.0. The van der Waals surface area contributed by atoms with Crippen molar-refractivity contribution in [1.29, 1.82) is 0 Å². The zero-order valence-corrected chi connectivity index (χ0v) is 4.09. The Morgan fingerprint density at radius 1 is 1.00 bits per heavy atom. The second-order valence-corrected chi connectivity index (χ2v) is 0.192. The molecule has 0 aliphatic rings. The summed E-state index contributed by atoms with van der Waals surface area (Å²) in [5.41, 5.74) is 0. The number of hydrogen-bond acceptors (Lipinski definition) is 4. The Morgan fingerprint density at radius 2 is 1.00 bits per heavy atom. The van der Waals surface area contributed by atoms with E-state index in [0.29, 0.717) is 0 Å². The number of carbonyl (C=O) groups is 2. The molecule has 0 radical (unpaired) electrons. The van der Waals surface area contributed by atoms with E-state index in [1.807, 2.05) is 0 Å². The SMILES string of the molecule is O=C[O-].O=C[O-].[Ni+2]. The Labute approximate surface area is 50.1 Å². The van der Waals surface area contributed by atoms with Gasteiger partial charge in [-0.25, -0.2) is 0 Å². The topological polar surface area (TPSA) is 80.3 Å². The summed E-state index contributed by atoms with van der Waals surface area (Å²) in [5, 5.41) is 16.5. The van der Waals surface area contributed by atoms with Crippen LogP contribution in [0.3, 0.4) is 0 Å². The van der Waals surface area contributed by atoms with Crippen LogP contribution < -0.4 is 10.2 Å². The first-order valence-corrected chi connectivity index (χ1v) is 0.943. The largest absolute Gasteiger partial charge is 2.00 e. The number of carboxylic acid groups (broad SMARTS) is 2. The van der Waals surface area contributed by atoms with Gasteiger partial charge in [0.05, 0.1) is 0 Å². The van der Waals surface area contributed by atoms with Gasteiger partial charge in [0.1, 0.15) is 0 Å². The first kappa shape index (κ1) is 16.1. The van der Waals surface area contributed by atoms with Crippen molar-refractivity contribution in [3.63, 3.8) is 0 Å². The molecular weight excluding hydrogens is 147 g/mol. The first-order valence-electron chi connectivity index (χ1n) is 0.943. The van der Waals surface area contributed by atoms with E-state index >= 15 is 0 Å². The molecule has 0 heterocycles. The van der Waals surface area contributed by atoms with Crippen LogP contribution >= 0.6 is 0 Å². The van der Waals surface area contributed by atoms with Crippen molar-refractivity contribution in [3.8, 4) is 0 Å². The third-order valence-corrected chi connectivity index (χ3v) is 0. The molecule has 0 saturated heterocycles. The van der Waals surface area contributed by atoms with E-state index < -0.39 is 12.9 Å². The number of rotatable bonds is 0. The molecule has 0 N–H and O–H groups in total. The molecule has 0 aliphatic carbocycles. The maximum atomic E-state index is 8.25. The van der Waals surface area contributed by atoms with Gasteiger partial charge in [-0.1, -0.05) is 0 Å². The molecule has 0 aliphatic heterocycles. The second-order valence-electron chi connectivity index (χ2n) is 0.192. The van der Waals surface area contributed by atoms with Crippen molar-refractivity contribution < 1.29 is 36.3 Å². The fourth-order valence-electron chi connectivity index (χ4n) is 0. The van der Waals surface area contributed by atoms with Crippen LogP contribution in [0.5, 0.6) is 0 Å². The van der Waals surface area contributed by atoms with Gasteiger partial charge in [0.15, 0.2) is 0 Å². The smallest absolute Gasteiger partial charge is 0.554 e. The average Bonchev–Trinajstić information content (AvgIpc) is 1.39. The van der Waals surface area contributed by atoms with Gasteiger partial charge < -0.3 is 19.8 Å². The molecule has 5 heteroatoms. The van der Waals surface area contributed by atoms with Crippen molar-refractivity contribution >= 4 is 12.9 Å². The minimum Gasteiger partial charge on any atom is -0.554 e. The Kier molecular flexibility index (Phi) is 120. The van der Waals surface area contributed by atoms with Gasteiger partial charge in [-0.2, -0.15) is 0 Å². The standard InChI is InChI=1S/2CH2O2.Ni/c2*2-1-3;/h2*1H,(H,2,3);/q;;+2/p-2. The fraction of sp³-hybridized carbons (Fsp3) is 0. The van der Waals surface area contributed by atoms with Gasteiger partial charge in [-0.3, -0.25) is 0 Å². The molecule has 0 saturated carbocycles. The molecule has 0 aromatic rings. The van der Waals surface area contributed by atoms with E-state index in [1.165, 1.54) is 0 Å². The van der Waals surface area contributed by atoms with Gasteiger partial charge in [-0.15, -0.1) is 0 Å². The minimum atomic E-state index is -0.500. The molecule has 0 rings (SSSR count). The van der Waals surface area contributed by atoms with Crippen molar-refractivity contribution in [3.05, 3.63) is 0 Å². The molecule has 0 atom stereocenters. The maximum absolute atomic E-state index is 8.25. The van der Waals surface area contributed by atoms with Gasteiger partial charge >= 0.3 is 16.5 Å². The summed E-state index contributed by atoms with van der Waals surface area (Å²) in [6.45, 7) is -1.00. The van der Waals surface area contributed by atoms with Crippen molar-refractivity contribution in [2.24, 2.45) is 0 Å². The van der Waals surface area contributed by atoms with Crippen molar-refractivity contribution in [1.82, 2.24) is 0 Å². The Morgan fingerprint density at radius 3 is 1.00 bits per heavy atom. The molecule has 0 bridgehead atoms. The van der Waals surface area contributed by atoms with E-state index in [1.54, 1.807) is 0 Å². The zero-order valence-electron chi connectivity index (χ0n) is 3.10. The van der Waals surface area contributed by atoms with Crippen molar-refractivity contribution in [2.45, 2.75) is 0 Å². The van der Waals surface area contributed by atoms with E-state index in [-0.39, 0.29) is 16.5 Å². The van der Waals surface area contributed by atoms with Crippen LogP contribution in [-0.4, -0.2) is 12.9 Å².